The van der Waals surface area contributed by atoms with Crippen molar-refractivity contribution in [2.45, 2.75) is 26.8 Å². The van der Waals surface area contributed by atoms with Gasteiger partial charge in [0.25, 0.3) is 11.8 Å². The maximum Gasteiger partial charge on any atom is 0.272 e. The number of hydrogen-bond donors (Lipinski definition) is 4. The van der Waals surface area contributed by atoms with E-state index in [4.69, 9.17) is 0 Å². The molecule has 0 saturated heterocycles. The van der Waals surface area contributed by atoms with E-state index < -0.39 is 11.9 Å². The molecule has 1 aliphatic rings. The van der Waals surface area contributed by atoms with Crippen LogP contribution >= 0.6 is 11.3 Å². The molecule has 3 heterocycles. The number of amides is 3. The van der Waals surface area contributed by atoms with Gasteiger partial charge in [-0.1, -0.05) is 6.07 Å². The number of fused-ring (bicyclic) bond motifs is 1. The van der Waals surface area contributed by atoms with E-state index in [1.165, 1.54) is 23.9 Å². The molecule has 3 amide bonds. The van der Waals surface area contributed by atoms with Crippen LogP contribution in [0.4, 0.5) is 17.2 Å². The zero-order chi connectivity index (χ0) is 22.8. The van der Waals surface area contributed by atoms with Gasteiger partial charge >= 0.3 is 0 Å². The van der Waals surface area contributed by atoms with E-state index in [0.29, 0.717) is 21.3 Å². The van der Waals surface area contributed by atoms with Crippen LogP contribution in [0, 0.1) is 13.8 Å². The molecule has 1 aliphatic heterocycles. The number of carbonyl (C=O) groups is 3. The van der Waals surface area contributed by atoms with E-state index >= 15 is 0 Å². The Labute approximate surface area is 187 Å². The van der Waals surface area contributed by atoms with E-state index in [2.05, 4.69) is 36.2 Å². The standard InChI is InChI=1S/C21H21N7O3S/c1-10-4-5-13(6-11(10)2)27-19(30)14-7-23-21(32-14)12(3)26-20(31)17-16-18(25-9-24-17)28-15(29)8-22-16/h4-7,9,12,22H,8H2,1-3H3,(H,26,31)(H,27,30)(H,24,25,28,29)/t12-/m1/s1. The number of carbonyl (C=O) groups excluding carboxylic acids is 3. The summed E-state index contributed by atoms with van der Waals surface area (Å²) in [7, 11) is 0. The third kappa shape index (κ3) is 4.42. The summed E-state index contributed by atoms with van der Waals surface area (Å²) in [6.07, 6.45) is 2.70. The Kier molecular flexibility index (Phi) is 5.82. The quantitative estimate of drug-likeness (QED) is 0.468. The number of hydrogen-bond acceptors (Lipinski definition) is 8. The highest BCUT2D eigenvalue weighted by molar-refractivity contribution is 7.13. The first-order valence-corrected chi connectivity index (χ1v) is 10.7. The first kappa shape index (κ1) is 21.4. The van der Waals surface area contributed by atoms with Gasteiger partial charge in [0.2, 0.25) is 5.91 Å². The van der Waals surface area contributed by atoms with Crippen molar-refractivity contribution in [3.05, 3.63) is 57.4 Å². The zero-order valence-electron chi connectivity index (χ0n) is 17.6. The number of aryl methyl sites for hydroxylation is 2. The molecule has 2 aromatic heterocycles. The first-order chi connectivity index (χ1) is 15.3. The predicted octanol–water partition coefficient (Wildman–Crippen LogP) is 2.66. The van der Waals surface area contributed by atoms with Gasteiger partial charge in [-0.2, -0.15) is 0 Å². The molecule has 32 heavy (non-hydrogen) atoms. The summed E-state index contributed by atoms with van der Waals surface area (Å²) in [6, 6.07) is 5.26. The van der Waals surface area contributed by atoms with Crippen LogP contribution in [-0.2, 0) is 4.79 Å². The van der Waals surface area contributed by atoms with E-state index in [1.807, 2.05) is 32.0 Å². The third-order valence-corrected chi connectivity index (χ3v) is 6.15. The molecule has 0 aliphatic carbocycles. The lowest BCUT2D eigenvalue weighted by Gasteiger charge is -2.20. The van der Waals surface area contributed by atoms with Gasteiger partial charge in [-0.05, 0) is 44.0 Å². The molecule has 1 aromatic carbocycles. The van der Waals surface area contributed by atoms with Gasteiger partial charge < -0.3 is 21.3 Å². The highest BCUT2D eigenvalue weighted by Crippen LogP contribution is 2.26. The summed E-state index contributed by atoms with van der Waals surface area (Å²) in [5, 5.41) is 11.7. The number of benzene rings is 1. The van der Waals surface area contributed by atoms with Crippen LogP contribution in [0.5, 0.6) is 0 Å². The van der Waals surface area contributed by atoms with Gasteiger partial charge in [0.1, 0.15) is 21.9 Å². The molecule has 11 heteroatoms. The molecule has 0 fully saturated rings. The van der Waals surface area contributed by atoms with Gasteiger partial charge in [-0.25, -0.2) is 15.0 Å². The molecule has 0 spiro atoms. The van der Waals surface area contributed by atoms with Crippen LogP contribution in [0.1, 0.15) is 49.3 Å². The second-order valence-electron chi connectivity index (χ2n) is 7.36. The second-order valence-corrected chi connectivity index (χ2v) is 8.42. The summed E-state index contributed by atoms with van der Waals surface area (Å²) in [5.74, 6) is -0.699. The van der Waals surface area contributed by atoms with Gasteiger partial charge in [0, 0.05) is 5.69 Å². The fraction of sp³-hybridized carbons (Fsp3) is 0.238. The summed E-state index contributed by atoms with van der Waals surface area (Å²) in [4.78, 5) is 49.6. The Bertz CT molecular complexity index is 1220. The maximum absolute atomic E-state index is 12.8. The molecule has 4 N–H and O–H groups in total. The van der Waals surface area contributed by atoms with Crippen LogP contribution in [0.2, 0.25) is 0 Å². The SMILES string of the molecule is Cc1ccc(NC(=O)c2cnc([C@@H](C)NC(=O)c3ncnc4c3NCC(=O)N4)s2)cc1C. The number of nitrogens with zero attached hydrogens (tertiary/aromatic N) is 3. The van der Waals surface area contributed by atoms with Gasteiger partial charge in [-0.3, -0.25) is 14.4 Å². The fourth-order valence-electron chi connectivity index (χ4n) is 3.10. The van der Waals surface area contributed by atoms with Crippen LogP contribution in [-0.4, -0.2) is 39.2 Å². The summed E-state index contributed by atoms with van der Waals surface area (Å²) >= 11 is 1.20. The van der Waals surface area contributed by atoms with Crippen molar-refractivity contribution >= 4 is 46.3 Å². The van der Waals surface area contributed by atoms with E-state index in [9.17, 15) is 14.4 Å². The maximum atomic E-state index is 12.8. The summed E-state index contributed by atoms with van der Waals surface area (Å²) in [6.45, 7) is 5.79. The average Bonchev–Trinajstić information content (AvgIpc) is 3.26. The molecular weight excluding hydrogens is 430 g/mol. The van der Waals surface area contributed by atoms with Crippen molar-refractivity contribution in [1.82, 2.24) is 20.3 Å². The number of aromatic nitrogens is 3. The number of nitrogens with one attached hydrogen (secondary N) is 4. The fourth-order valence-corrected chi connectivity index (χ4v) is 3.91. The number of thiazole rings is 1. The molecule has 1 atom stereocenters. The molecule has 10 nitrogen and oxygen atoms in total. The Morgan fingerprint density at radius 3 is 2.72 bits per heavy atom. The average molecular weight is 452 g/mol. The second kappa shape index (κ2) is 8.71. The first-order valence-electron chi connectivity index (χ1n) is 9.85. The number of anilines is 3. The van der Waals surface area contributed by atoms with Gasteiger partial charge in [0.15, 0.2) is 11.5 Å². The van der Waals surface area contributed by atoms with Crippen molar-refractivity contribution in [1.29, 1.82) is 0 Å². The van der Waals surface area contributed by atoms with Crippen molar-refractivity contribution in [3.63, 3.8) is 0 Å². The molecule has 0 unspecified atom stereocenters. The van der Waals surface area contributed by atoms with E-state index in [0.717, 1.165) is 11.1 Å². The number of rotatable bonds is 5. The molecular formula is C21H21N7O3S. The smallest absolute Gasteiger partial charge is 0.272 e. The Balaban J connectivity index is 1.44. The predicted molar refractivity (Wildman–Crippen MR) is 121 cm³/mol. The van der Waals surface area contributed by atoms with Crippen LogP contribution in [0.3, 0.4) is 0 Å². The van der Waals surface area contributed by atoms with Crippen LogP contribution < -0.4 is 21.3 Å². The van der Waals surface area contributed by atoms with Crippen molar-refractivity contribution < 1.29 is 14.4 Å². The minimum Gasteiger partial charge on any atom is -0.371 e. The van der Waals surface area contributed by atoms with E-state index in [1.54, 1.807) is 6.92 Å². The molecule has 4 rings (SSSR count). The highest BCUT2D eigenvalue weighted by atomic mass is 32.1. The molecule has 0 radical (unpaired) electrons. The largest absolute Gasteiger partial charge is 0.371 e. The Morgan fingerprint density at radius 1 is 1.12 bits per heavy atom. The topological polar surface area (TPSA) is 138 Å². The van der Waals surface area contributed by atoms with Crippen molar-refractivity contribution in [3.8, 4) is 0 Å². The summed E-state index contributed by atoms with van der Waals surface area (Å²) < 4.78 is 0. The third-order valence-electron chi connectivity index (χ3n) is 4.98. The van der Waals surface area contributed by atoms with Gasteiger partial charge in [0.05, 0.1) is 18.8 Å². The Hall–Kier alpha value is -3.86. The normalized spacial score (nSPS) is 13.4. The minimum atomic E-state index is -0.459. The molecule has 164 valence electrons. The summed E-state index contributed by atoms with van der Waals surface area (Å²) in [5.41, 5.74) is 3.43. The lowest BCUT2D eigenvalue weighted by molar-refractivity contribution is -0.114. The minimum absolute atomic E-state index is 0.0294. The van der Waals surface area contributed by atoms with Crippen molar-refractivity contribution in [2.75, 3.05) is 22.5 Å². The molecule has 0 saturated carbocycles. The lowest BCUT2D eigenvalue weighted by atomic mass is 10.1. The monoisotopic (exact) mass is 451 g/mol. The Morgan fingerprint density at radius 2 is 1.94 bits per heavy atom. The van der Waals surface area contributed by atoms with E-state index in [-0.39, 0.29) is 29.9 Å². The van der Waals surface area contributed by atoms with Gasteiger partial charge in [-0.15, -0.1) is 11.3 Å². The van der Waals surface area contributed by atoms with Crippen LogP contribution in [0.25, 0.3) is 0 Å². The zero-order valence-corrected chi connectivity index (χ0v) is 18.5. The van der Waals surface area contributed by atoms with Crippen LogP contribution in [0.15, 0.2) is 30.7 Å². The molecule has 0 bridgehead atoms. The highest BCUT2D eigenvalue weighted by Gasteiger charge is 2.25. The lowest BCUT2D eigenvalue weighted by Crippen LogP contribution is -2.33. The molecule has 3 aromatic rings. The van der Waals surface area contributed by atoms with Crippen molar-refractivity contribution in [2.24, 2.45) is 0 Å².